The van der Waals surface area contributed by atoms with E-state index in [1.807, 2.05) is 23.6 Å². The van der Waals surface area contributed by atoms with Gasteiger partial charge in [-0.15, -0.1) is 11.3 Å². The third-order valence-corrected chi connectivity index (χ3v) is 5.44. The van der Waals surface area contributed by atoms with Crippen LogP contribution >= 0.6 is 11.3 Å². The fourth-order valence-electron chi connectivity index (χ4n) is 3.30. The highest BCUT2D eigenvalue weighted by Crippen LogP contribution is 2.23. The van der Waals surface area contributed by atoms with Crippen LogP contribution in [0.4, 0.5) is 10.8 Å². The van der Waals surface area contributed by atoms with Gasteiger partial charge in [-0.25, -0.2) is 4.98 Å². The highest BCUT2D eigenvalue weighted by Gasteiger charge is 2.26. The minimum Gasteiger partial charge on any atom is -0.386 e. The zero-order valence-corrected chi connectivity index (χ0v) is 15.1. The number of hydrogen-bond donors (Lipinski definition) is 3. The van der Waals surface area contributed by atoms with Crippen molar-refractivity contribution in [2.45, 2.75) is 12.5 Å². The Morgan fingerprint density at radius 3 is 3.08 bits per heavy atom. The highest BCUT2D eigenvalue weighted by molar-refractivity contribution is 7.13. The molecule has 0 saturated carbocycles. The Hall–Kier alpha value is -2.87. The number of nitrogens with zero attached hydrogens (tertiary/aromatic N) is 2. The van der Waals surface area contributed by atoms with Crippen LogP contribution in [-0.2, 0) is 0 Å². The van der Waals surface area contributed by atoms with E-state index in [1.165, 1.54) is 0 Å². The van der Waals surface area contributed by atoms with Crippen LogP contribution in [0, 0.1) is 0 Å². The summed E-state index contributed by atoms with van der Waals surface area (Å²) < 4.78 is 0. The largest absolute Gasteiger partial charge is 0.386 e. The second-order valence-corrected chi connectivity index (χ2v) is 7.12. The van der Waals surface area contributed by atoms with Crippen molar-refractivity contribution in [1.29, 1.82) is 0 Å². The molecule has 3 N–H and O–H groups in total. The van der Waals surface area contributed by atoms with Crippen molar-refractivity contribution in [1.82, 2.24) is 15.3 Å². The number of aromatic nitrogens is 2. The van der Waals surface area contributed by atoms with Crippen LogP contribution in [-0.4, -0.2) is 42.1 Å². The fraction of sp³-hybridized carbons (Fsp3) is 0.278. The van der Waals surface area contributed by atoms with Crippen LogP contribution in [0.15, 0.2) is 40.6 Å². The Bertz CT molecular complexity index is 998. The third-order valence-electron chi connectivity index (χ3n) is 4.61. The first-order valence-electron chi connectivity index (χ1n) is 8.45. The molecular weight excluding hydrogens is 350 g/mol. The molecule has 1 aliphatic heterocycles. The second-order valence-electron chi connectivity index (χ2n) is 6.25. The summed E-state index contributed by atoms with van der Waals surface area (Å²) in [5.74, 6) is -0.339. The lowest BCUT2D eigenvalue weighted by Gasteiger charge is -2.16. The lowest BCUT2D eigenvalue weighted by atomic mass is 10.1. The van der Waals surface area contributed by atoms with Gasteiger partial charge >= 0.3 is 0 Å². The zero-order chi connectivity index (χ0) is 18.1. The number of fused-ring (bicyclic) bond motifs is 1. The minimum absolute atomic E-state index is 0.00476. The second kappa shape index (κ2) is 6.80. The van der Waals surface area contributed by atoms with Crippen molar-refractivity contribution in [2.75, 3.05) is 30.4 Å². The number of carbonyl (C=O) groups is 1. The Labute approximate surface area is 154 Å². The number of amides is 1. The maximum atomic E-state index is 12.6. The van der Waals surface area contributed by atoms with E-state index in [0.29, 0.717) is 12.1 Å². The van der Waals surface area contributed by atoms with E-state index >= 15 is 0 Å². The summed E-state index contributed by atoms with van der Waals surface area (Å²) in [7, 11) is 1.79. The van der Waals surface area contributed by atoms with E-state index in [9.17, 15) is 9.59 Å². The summed E-state index contributed by atoms with van der Waals surface area (Å²) in [6, 6.07) is 7.30. The van der Waals surface area contributed by atoms with E-state index in [-0.39, 0.29) is 23.1 Å². The summed E-state index contributed by atoms with van der Waals surface area (Å²) in [6.45, 7) is 1.55. The van der Waals surface area contributed by atoms with Crippen LogP contribution in [0.2, 0.25) is 0 Å². The lowest BCUT2D eigenvalue weighted by molar-refractivity contribution is 0.0939. The molecule has 1 amide bonds. The number of H-pyrrole nitrogens is 1. The van der Waals surface area contributed by atoms with Crippen molar-refractivity contribution in [3.8, 4) is 0 Å². The van der Waals surface area contributed by atoms with Crippen LogP contribution in [0.1, 0.15) is 16.8 Å². The standard InChI is InChI=1S/C18H19N5O2S/c1-19-14-4-2-3-11-9-13(17(25)22-15(11)14)16(24)21-12-5-7-23(10-12)18-20-6-8-26-18/h2-4,6,8-9,12,19H,5,7,10H2,1H3,(H,21,24)(H,22,25). The summed E-state index contributed by atoms with van der Waals surface area (Å²) in [4.78, 5) is 34.3. The van der Waals surface area contributed by atoms with E-state index in [1.54, 1.807) is 30.6 Å². The van der Waals surface area contributed by atoms with E-state index in [0.717, 1.165) is 29.2 Å². The van der Waals surface area contributed by atoms with Gasteiger partial charge in [-0.3, -0.25) is 9.59 Å². The summed E-state index contributed by atoms with van der Waals surface area (Å²) >= 11 is 1.59. The van der Waals surface area contributed by atoms with Crippen LogP contribution in [0.5, 0.6) is 0 Å². The maximum Gasteiger partial charge on any atom is 0.261 e. The van der Waals surface area contributed by atoms with E-state index < -0.39 is 0 Å². The summed E-state index contributed by atoms with van der Waals surface area (Å²) in [6.07, 6.45) is 2.61. The fourth-order valence-corrected chi connectivity index (χ4v) is 3.98. The van der Waals surface area contributed by atoms with Gasteiger partial charge in [0.25, 0.3) is 11.5 Å². The van der Waals surface area contributed by atoms with Gasteiger partial charge in [0.2, 0.25) is 0 Å². The van der Waals surface area contributed by atoms with Gasteiger partial charge in [0.05, 0.1) is 11.2 Å². The molecule has 0 bridgehead atoms. The van der Waals surface area contributed by atoms with Gasteiger partial charge < -0.3 is 20.5 Å². The summed E-state index contributed by atoms with van der Waals surface area (Å²) in [5.41, 5.74) is 1.28. The first-order chi connectivity index (χ1) is 12.7. The smallest absolute Gasteiger partial charge is 0.261 e. The predicted octanol–water partition coefficient (Wildman–Crippen LogP) is 2.03. The molecule has 134 valence electrons. The number of rotatable bonds is 4. The molecule has 0 spiro atoms. The molecule has 0 radical (unpaired) electrons. The van der Waals surface area contributed by atoms with Crippen LogP contribution in [0.3, 0.4) is 0 Å². The molecule has 1 aromatic carbocycles. The molecule has 7 nitrogen and oxygen atoms in total. The zero-order valence-electron chi connectivity index (χ0n) is 14.3. The van der Waals surface area contributed by atoms with Crippen molar-refractivity contribution in [2.24, 2.45) is 0 Å². The minimum atomic E-state index is -0.382. The molecule has 0 aliphatic carbocycles. The number of para-hydroxylation sites is 1. The molecular formula is C18H19N5O2S. The molecule has 1 fully saturated rings. The number of hydrogen-bond acceptors (Lipinski definition) is 6. The van der Waals surface area contributed by atoms with Gasteiger partial charge in [-0.2, -0.15) is 0 Å². The molecule has 26 heavy (non-hydrogen) atoms. The molecule has 1 aliphatic rings. The number of nitrogens with one attached hydrogen (secondary N) is 3. The number of anilines is 2. The number of thiazole rings is 1. The van der Waals surface area contributed by atoms with Gasteiger partial charge in [-0.1, -0.05) is 12.1 Å². The molecule has 2 aromatic heterocycles. The van der Waals surface area contributed by atoms with Crippen molar-refractivity contribution >= 4 is 39.0 Å². The topological polar surface area (TPSA) is 90.1 Å². The Balaban J connectivity index is 1.53. The van der Waals surface area contributed by atoms with Crippen molar-refractivity contribution < 1.29 is 4.79 Å². The monoisotopic (exact) mass is 369 g/mol. The predicted molar refractivity (Wildman–Crippen MR) is 104 cm³/mol. The molecule has 8 heteroatoms. The Morgan fingerprint density at radius 1 is 1.42 bits per heavy atom. The average Bonchev–Trinajstić information content (AvgIpc) is 3.32. The first-order valence-corrected chi connectivity index (χ1v) is 9.33. The van der Waals surface area contributed by atoms with Crippen LogP contribution in [0.25, 0.3) is 10.9 Å². The average molecular weight is 369 g/mol. The number of pyridine rings is 1. The SMILES string of the molecule is CNc1cccc2cc(C(=O)NC3CCN(c4nccs4)C3)c(=O)[nH]c12. The van der Waals surface area contributed by atoms with Gasteiger partial charge in [0, 0.05) is 43.1 Å². The quantitative estimate of drug-likeness (QED) is 0.655. The molecule has 1 saturated heterocycles. The summed E-state index contributed by atoms with van der Waals surface area (Å²) in [5, 5.41) is 9.74. The van der Waals surface area contributed by atoms with E-state index in [2.05, 4.69) is 25.5 Å². The van der Waals surface area contributed by atoms with Gasteiger partial charge in [0.1, 0.15) is 5.56 Å². The van der Waals surface area contributed by atoms with Gasteiger partial charge in [-0.05, 0) is 18.6 Å². The maximum absolute atomic E-state index is 12.6. The molecule has 3 heterocycles. The number of carbonyl (C=O) groups excluding carboxylic acids is 1. The Morgan fingerprint density at radius 2 is 2.31 bits per heavy atom. The van der Waals surface area contributed by atoms with Crippen molar-refractivity contribution in [3.05, 3.63) is 51.8 Å². The molecule has 1 unspecified atom stereocenters. The van der Waals surface area contributed by atoms with Crippen molar-refractivity contribution in [3.63, 3.8) is 0 Å². The molecule has 1 atom stereocenters. The lowest BCUT2D eigenvalue weighted by Crippen LogP contribution is -2.39. The number of benzene rings is 1. The third kappa shape index (κ3) is 3.03. The molecule has 4 rings (SSSR count). The molecule has 3 aromatic rings. The van der Waals surface area contributed by atoms with E-state index in [4.69, 9.17) is 0 Å². The van der Waals surface area contributed by atoms with Crippen LogP contribution < -0.4 is 21.1 Å². The first kappa shape index (κ1) is 16.6. The number of aromatic amines is 1. The van der Waals surface area contributed by atoms with Gasteiger partial charge in [0.15, 0.2) is 5.13 Å². The highest BCUT2D eigenvalue weighted by atomic mass is 32.1. The Kier molecular flexibility index (Phi) is 4.34. The normalized spacial score (nSPS) is 16.8.